The summed E-state index contributed by atoms with van der Waals surface area (Å²) in [5.41, 5.74) is 8.90. The second kappa shape index (κ2) is 17.5. The van der Waals surface area contributed by atoms with E-state index in [9.17, 15) is 23.5 Å². The van der Waals surface area contributed by atoms with E-state index < -0.39 is 5.97 Å². The summed E-state index contributed by atoms with van der Waals surface area (Å²) in [5, 5.41) is 11.6. The van der Waals surface area contributed by atoms with Gasteiger partial charge in [-0.25, -0.2) is 13.6 Å². The van der Waals surface area contributed by atoms with Crippen LogP contribution in [-0.4, -0.2) is 71.1 Å². The lowest BCUT2D eigenvalue weighted by molar-refractivity contribution is 0.0694. The van der Waals surface area contributed by atoms with Crippen molar-refractivity contribution >= 4 is 45.1 Å². The van der Waals surface area contributed by atoms with Crippen molar-refractivity contribution in [1.82, 2.24) is 14.9 Å². The Morgan fingerprint density at radius 2 is 0.915 bits per heavy atom. The van der Waals surface area contributed by atoms with Gasteiger partial charge in [-0.3, -0.25) is 14.8 Å². The number of fused-ring (bicyclic) bond motifs is 2. The molecule has 6 aromatic rings. The molecule has 3 aliphatic heterocycles. The van der Waals surface area contributed by atoms with Crippen molar-refractivity contribution in [2.45, 2.75) is 71.6 Å². The van der Waals surface area contributed by atoms with Crippen LogP contribution in [0.2, 0.25) is 0 Å². The van der Waals surface area contributed by atoms with E-state index in [-0.39, 0.29) is 23.1 Å². The average molecular weight is 796 g/mol. The van der Waals surface area contributed by atoms with Crippen LogP contribution in [0.15, 0.2) is 84.9 Å². The highest BCUT2D eigenvalue weighted by molar-refractivity contribution is 6.10. The van der Waals surface area contributed by atoms with Gasteiger partial charge in [0.05, 0.1) is 33.5 Å². The molecule has 0 aliphatic carbocycles. The SMILES string of the molecule is Cc1nc2ccc(N3CCCCC3)cc2c(-c2ccc(F)cc2)c1C(=O)N1CCCCC1.Cc1nc2ccc(N3CCCCC3)cc2c(-c2ccc(F)cc2)c1C(=O)O. The minimum atomic E-state index is -1.02. The number of rotatable bonds is 6. The summed E-state index contributed by atoms with van der Waals surface area (Å²) in [6, 6.07) is 24.9. The lowest BCUT2D eigenvalue weighted by Crippen LogP contribution is -2.36. The van der Waals surface area contributed by atoms with Crippen LogP contribution < -0.4 is 9.80 Å². The quantitative estimate of drug-likeness (QED) is 0.180. The Morgan fingerprint density at radius 1 is 0.525 bits per heavy atom. The van der Waals surface area contributed by atoms with Gasteiger partial charge in [0.1, 0.15) is 11.6 Å². The number of carboxylic acid groups (broad SMARTS) is 1. The molecule has 4 aromatic carbocycles. The summed E-state index contributed by atoms with van der Waals surface area (Å²) in [6.07, 6.45) is 10.5. The molecule has 8 nitrogen and oxygen atoms in total. The Hall–Kier alpha value is -5.90. The van der Waals surface area contributed by atoms with Gasteiger partial charge in [-0.05, 0) is 143 Å². The monoisotopic (exact) mass is 795 g/mol. The number of halogens is 2. The normalized spacial score (nSPS) is 15.9. The number of amides is 1. The summed E-state index contributed by atoms with van der Waals surface area (Å²) < 4.78 is 27.2. The van der Waals surface area contributed by atoms with Gasteiger partial charge >= 0.3 is 5.97 Å². The molecule has 3 saturated heterocycles. The number of aryl methyl sites for hydroxylation is 2. The van der Waals surface area contributed by atoms with Crippen molar-refractivity contribution in [1.29, 1.82) is 0 Å². The van der Waals surface area contributed by atoms with Gasteiger partial charge in [-0.2, -0.15) is 0 Å². The van der Waals surface area contributed by atoms with E-state index in [1.807, 2.05) is 24.0 Å². The second-order valence-electron chi connectivity index (χ2n) is 16.1. The zero-order chi connectivity index (χ0) is 41.0. The first-order valence-electron chi connectivity index (χ1n) is 21.1. The number of carboxylic acids is 1. The molecule has 10 heteroatoms. The summed E-state index contributed by atoms with van der Waals surface area (Å²) in [7, 11) is 0. The van der Waals surface area contributed by atoms with Gasteiger partial charge in [0.15, 0.2) is 0 Å². The predicted octanol–water partition coefficient (Wildman–Crippen LogP) is 11.0. The maximum atomic E-state index is 13.8. The number of hydrogen-bond acceptors (Lipinski definition) is 6. The molecule has 1 N–H and O–H groups in total. The molecule has 0 saturated carbocycles. The molecule has 59 heavy (non-hydrogen) atoms. The average Bonchev–Trinajstić information content (AvgIpc) is 3.26. The molecular formula is C49H51F2N5O3. The van der Waals surface area contributed by atoms with Gasteiger partial charge < -0.3 is 19.8 Å². The molecule has 0 bridgehead atoms. The van der Waals surface area contributed by atoms with E-state index in [0.29, 0.717) is 22.4 Å². The molecule has 0 radical (unpaired) electrons. The Labute approximate surface area is 344 Å². The van der Waals surface area contributed by atoms with E-state index in [4.69, 9.17) is 4.98 Å². The van der Waals surface area contributed by atoms with Crippen molar-refractivity contribution in [3.8, 4) is 22.3 Å². The van der Waals surface area contributed by atoms with Crippen molar-refractivity contribution in [3.63, 3.8) is 0 Å². The van der Waals surface area contributed by atoms with Crippen LogP contribution in [0.3, 0.4) is 0 Å². The van der Waals surface area contributed by atoms with E-state index in [2.05, 4.69) is 39.0 Å². The Balaban J connectivity index is 0.000000167. The number of nitrogens with zero attached hydrogens (tertiary/aromatic N) is 5. The lowest BCUT2D eigenvalue weighted by Gasteiger charge is -2.30. The number of benzene rings is 4. The van der Waals surface area contributed by atoms with Gasteiger partial charge in [-0.1, -0.05) is 24.3 Å². The number of carbonyl (C=O) groups excluding carboxylic acids is 1. The van der Waals surface area contributed by atoms with Crippen molar-refractivity contribution < 1.29 is 23.5 Å². The minimum absolute atomic E-state index is 0.0410. The maximum Gasteiger partial charge on any atom is 0.338 e. The molecule has 3 fully saturated rings. The Bertz CT molecular complexity index is 2490. The molecular weight excluding hydrogens is 745 g/mol. The van der Waals surface area contributed by atoms with Gasteiger partial charge in [-0.15, -0.1) is 0 Å². The number of aromatic nitrogens is 2. The van der Waals surface area contributed by atoms with E-state index in [1.165, 1.54) is 62.1 Å². The smallest absolute Gasteiger partial charge is 0.338 e. The third-order valence-corrected chi connectivity index (χ3v) is 12.1. The number of pyridine rings is 2. The number of likely N-dealkylation sites (tertiary alicyclic amines) is 1. The Kier molecular flexibility index (Phi) is 11.9. The third kappa shape index (κ3) is 8.49. The highest BCUT2D eigenvalue weighted by atomic mass is 19.1. The van der Waals surface area contributed by atoms with Crippen LogP contribution >= 0.6 is 0 Å². The Morgan fingerprint density at radius 3 is 1.34 bits per heavy atom. The fourth-order valence-electron chi connectivity index (χ4n) is 9.06. The molecule has 5 heterocycles. The van der Waals surface area contributed by atoms with E-state index in [1.54, 1.807) is 31.2 Å². The first kappa shape index (κ1) is 39.9. The first-order chi connectivity index (χ1) is 28.7. The van der Waals surface area contributed by atoms with Crippen LogP contribution in [0, 0.1) is 25.5 Å². The van der Waals surface area contributed by atoms with Gasteiger partial charge in [0, 0.05) is 72.5 Å². The van der Waals surface area contributed by atoms with E-state index in [0.717, 1.165) is 109 Å². The third-order valence-electron chi connectivity index (χ3n) is 12.1. The fraction of sp³-hybridized carbons (Fsp3) is 0.347. The fourth-order valence-corrected chi connectivity index (χ4v) is 9.06. The van der Waals surface area contributed by atoms with E-state index >= 15 is 0 Å². The summed E-state index contributed by atoms with van der Waals surface area (Å²) in [6.45, 7) is 9.30. The highest BCUT2D eigenvalue weighted by Gasteiger charge is 2.27. The zero-order valence-corrected chi connectivity index (χ0v) is 33.9. The number of anilines is 2. The van der Waals surface area contributed by atoms with Crippen LogP contribution in [-0.2, 0) is 0 Å². The van der Waals surface area contributed by atoms with Gasteiger partial charge in [0.2, 0.25) is 0 Å². The number of hydrogen-bond donors (Lipinski definition) is 1. The number of carbonyl (C=O) groups is 2. The van der Waals surface area contributed by atoms with Crippen molar-refractivity contribution in [3.05, 3.63) is 119 Å². The second-order valence-corrected chi connectivity index (χ2v) is 16.1. The summed E-state index contributed by atoms with van der Waals surface area (Å²) in [5.74, 6) is -1.61. The minimum Gasteiger partial charge on any atom is -0.478 e. The topological polar surface area (TPSA) is 89.9 Å². The highest BCUT2D eigenvalue weighted by Crippen LogP contribution is 2.38. The molecule has 1 amide bonds. The predicted molar refractivity (Wildman–Crippen MR) is 233 cm³/mol. The molecule has 0 unspecified atom stereocenters. The van der Waals surface area contributed by atoms with Crippen LogP contribution in [0.25, 0.3) is 44.1 Å². The molecule has 304 valence electrons. The molecule has 3 aliphatic rings. The maximum absolute atomic E-state index is 13.8. The summed E-state index contributed by atoms with van der Waals surface area (Å²) >= 11 is 0. The van der Waals surface area contributed by atoms with Crippen molar-refractivity contribution in [2.24, 2.45) is 0 Å². The van der Waals surface area contributed by atoms with Crippen molar-refractivity contribution in [2.75, 3.05) is 49.1 Å². The number of piperidine rings is 3. The summed E-state index contributed by atoms with van der Waals surface area (Å²) in [4.78, 5) is 41.8. The van der Waals surface area contributed by atoms with Crippen LogP contribution in [0.4, 0.5) is 20.2 Å². The van der Waals surface area contributed by atoms with Gasteiger partial charge in [0.25, 0.3) is 5.91 Å². The standard InChI is InChI=1S/C27H30FN3O.C22H21FN2O2/c1-19-25(27(32)31-16-6-3-7-17-31)26(20-8-10-21(28)11-9-20)23-18-22(12-13-24(23)29-19)30-14-4-2-5-15-30;1-14-20(22(26)27)21(15-5-7-16(23)8-6-15)18-13-17(9-10-19(18)24-14)25-11-3-2-4-12-25/h8-13,18H,2-7,14-17H2,1H3;5-10,13H,2-4,11-12H2,1H3,(H,26,27). The number of aromatic carboxylic acids is 1. The molecule has 2 aromatic heterocycles. The van der Waals surface area contributed by atoms with Crippen LogP contribution in [0.1, 0.15) is 89.9 Å². The van der Waals surface area contributed by atoms with Crippen LogP contribution in [0.5, 0.6) is 0 Å². The lowest BCUT2D eigenvalue weighted by atomic mass is 9.92. The molecule has 0 atom stereocenters. The molecule has 0 spiro atoms. The largest absolute Gasteiger partial charge is 0.478 e. The molecule has 9 rings (SSSR count). The zero-order valence-electron chi connectivity index (χ0n) is 33.9. The first-order valence-corrected chi connectivity index (χ1v) is 21.1.